The SMILES string of the molecule is CN(C(=O)Cc1c2n(c(=S)n1C)C[C@@H](c1c(F)cccc1F)C2)C1COC1. The van der Waals surface area contributed by atoms with E-state index in [0.717, 1.165) is 11.4 Å². The van der Waals surface area contributed by atoms with Crippen LogP contribution in [-0.2, 0) is 36.0 Å². The molecule has 0 saturated carbocycles. The minimum atomic E-state index is -0.539. The lowest BCUT2D eigenvalue weighted by Crippen LogP contribution is -2.50. The highest BCUT2D eigenvalue weighted by Gasteiger charge is 2.33. The molecule has 0 unspecified atom stereocenters. The summed E-state index contributed by atoms with van der Waals surface area (Å²) in [5.41, 5.74) is 1.80. The van der Waals surface area contributed by atoms with Crippen LogP contribution in [0.4, 0.5) is 8.78 Å². The van der Waals surface area contributed by atoms with Gasteiger partial charge in [-0.2, -0.15) is 0 Å². The standard InChI is InChI=1S/C19H21F2N3O2S/c1-22(12-9-26-10-12)17(25)7-15-16-6-11(8-24(16)19(27)23(15)2)18-13(20)4-3-5-14(18)21/h3-5,11-12H,6-10H2,1-2H3/t11-/m0/s1. The Morgan fingerprint density at radius 2 is 2.00 bits per heavy atom. The van der Waals surface area contributed by atoms with Crippen LogP contribution in [0, 0.1) is 16.4 Å². The fourth-order valence-corrected chi connectivity index (χ4v) is 4.22. The molecular formula is C19H21F2N3O2S. The van der Waals surface area contributed by atoms with Crippen LogP contribution in [0.5, 0.6) is 0 Å². The lowest BCUT2D eigenvalue weighted by atomic mass is 9.95. The maximum atomic E-state index is 14.2. The molecule has 27 heavy (non-hydrogen) atoms. The topological polar surface area (TPSA) is 39.4 Å². The number of imidazole rings is 1. The third-order valence-corrected chi connectivity index (χ3v) is 6.21. The Bertz CT molecular complexity index is 944. The zero-order chi connectivity index (χ0) is 19.3. The van der Waals surface area contributed by atoms with Crippen LogP contribution in [0.2, 0.25) is 0 Å². The van der Waals surface area contributed by atoms with E-state index in [1.807, 2.05) is 16.2 Å². The van der Waals surface area contributed by atoms with Gasteiger partial charge in [0.25, 0.3) is 0 Å². The van der Waals surface area contributed by atoms with Crippen LogP contribution in [-0.4, -0.2) is 46.2 Å². The van der Waals surface area contributed by atoms with Crippen LogP contribution in [0.1, 0.15) is 22.9 Å². The highest BCUT2D eigenvalue weighted by Crippen LogP contribution is 2.35. The molecule has 0 aliphatic carbocycles. The number of carbonyl (C=O) groups excluding carboxylic acids is 1. The molecule has 0 radical (unpaired) electrons. The molecule has 1 saturated heterocycles. The lowest BCUT2D eigenvalue weighted by Gasteiger charge is -2.34. The molecule has 0 spiro atoms. The quantitative estimate of drug-likeness (QED) is 0.750. The predicted molar refractivity (Wildman–Crippen MR) is 98.1 cm³/mol. The van der Waals surface area contributed by atoms with Crippen molar-refractivity contribution in [2.24, 2.45) is 7.05 Å². The molecule has 0 bridgehead atoms. The zero-order valence-corrected chi connectivity index (χ0v) is 16.1. The molecule has 0 N–H and O–H groups in total. The van der Waals surface area contributed by atoms with E-state index in [4.69, 9.17) is 17.0 Å². The molecule has 1 aromatic carbocycles. The summed E-state index contributed by atoms with van der Waals surface area (Å²) < 4.78 is 37.9. The van der Waals surface area contributed by atoms with E-state index in [1.165, 1.54) is 18.2 Å². The summed E-state index contributed by atoms with van der Waals surface area (Å²) in [4.78, 5) is 14.4. The van der Waals surface area contributed by atoms with Gasteiger partial charge < -0.3 is 18.8 Å². The minimum Gasteiger partial charge on any atom is -0.377 e. The van der Waals surface area contributed by atoms with Crippen LogP contribution in [0.25, 0.3) is 0 Å². The Morgan fingerprint density at radius 3 is 2.59 bits per heavy atom. The van der Waals surface area contributed by atoms with Crippen molar-refractivity contribution < 1.29 is 18.3 Å². The van der Waals surface area contributed by atoms with E-state index in [1.54, 1.807) is 11.9 Å². The molecule has 4 rings (SSSR count). The van der Waals surface area contributed by atoms with E-state index in [9.17, 15) is 13.6 Å². The summed E-state index contributed by atoms with van der Waals surface area (Å²) in [7, 11) is 3.61. The monoisotopic (exact) mass is 393 g/mol. The van der Waals surface area contributed by atoms with Gasteiger partial charge in [0.15, 0.2) is 4.77 Å². The molecular weight excluding hydrogens is 372 g/mol. The number of benzene rings is 1. The van der Waals surface area contributed by atoms with Crippen molar-refractivity contribution in [2.45, 2.75) is 31.3 Å². The van der Waals surface area contributed by atoms with Crippen molar-refractivity contribution in [1.29, 1.82) is 0 Å². The smallest absolute Gasteiger partial charge is 0.228 e. The summed E-state index contributed by atoms with van der Waals surface area (Å²) in [6, 6.07) is 4.04. The van der Waals surface area contributed by atoms with Crippen LogP contribution in [0.15, 0.2) is 18.2 Å². The van der Waals surface area contributed by atoms with Crippen LogP contribution in [0.3, 0.4) is 0 Å². The van der Waals surface area contributed by atoms with Crippen molar-refractivity contribution in [1.82, 2.24) is 14.0 Å². The fourth-order valence-electron chi connectivity index (χ4n) is 3.93. The van der Waals surface area contributed by atoms with Gasteiger partial charge in [-0.25, -0.2) is 8.78 Å². The van der Waals surface area contributed by atoms with Crippen molar-refractivity contribution in [3.05, 3.63) is 51.6 Å². The number of carbonyl (C=O) groups is 1. The van der Waals surface area contributed by atoms with E-state index in [2.05, 4.69) is 0 Å². The van der Waals surface area contributed by atoms with Crippen molar-refractivity contribution in [3.8, 4) is 0 Å². The van der Waals surface area contributed by atoms with Gasteiger partial charge in [-0.1, -0.05) is 6.07 Å². The van der Waals surface area contributed by atoms with Gasteiger partial charge in [-0.15, -0.1) is 0 Å². The van der Waals surface area contributed by atoms with Gasteiger partial charge in [0.05, 0.1) is 25.7 Å². The first-order chi connectivity index (χ1) is 12.9. The highest BCUT2D eigenvalue weighted by molar-refractivity contribution is 7.71. The number of halogens is 2. The Labute approximate surface area is 161 Å². The molecule has 1 atom stereocenters. The summed E-state index contributed by atoms with van der Waals surface area (Å²) in [6.45, 7) is 1.53. The van der Waals surface area contributed by atoms with E-state index in [-0.39, 0.29) is 29.9 Å². The third-order valence-electron chi connectivity index (χ3n) is 5.71. The number of rotatable bonds is 4. The summed E-state index contributed by atoms with van der Waals surface area (Å²) in [5.74, 6) is -1.41. The number of fused-ring (bicyclic) bond motifs is 1. The average molecular weight is 393 g/mol. The normalized spacial score (nSPS) is 19.0. The molecule has 1 aromatic heterocycles. The van der Waals surface area contributed by atoms with E-state index >= 15 is 0 Å². The summed E-state index contributed by atoms with van der Waals surface area (Å²) >= 11 is 5.51. The van der Waals surface area contributed by atoms with E-state index < -0.39 is 11.6 Å². The molecule has 1 amide bonds. The molecule has 144 valence electrons. The second-order valence-corrected chi connectivity index (χ2v) is 7.62. The van der Waals surface area contributed by atoms with Crippen LogP contribution >= 0.6 is 12.2 Å². The molecule has 3 heterocycles. The van der Waals surface area contributed by atoms with Crippen molar-refractivity contribution in [3.63, 3.8) is 0 Å². The first-order valence-corrected chi connectivity index (χ1v) is 9.34. The van der Waals surface area contributed by atoms with Crippen molar-refractivity contribution >= 4 is 18.1 Å². The van der Waals surface area contributed by atoms with Gasteiger partial charge in [0, 0.05) is 43.5 Å². The summed E-state index contributed by atoms with van der Waals surface area (Å²) in [6.07, 6.45) is 0.670. The Kier molecular flexibility index (Phi) is 4.63. The van der Waals surface area contributed by atoms with Gasteiger partial charge in [-0.05, 0) is 30.8 Å². The Morgan fingerprint density at radius 1 is 1.33 bits per heavy atom. The van der Waals surface area contributed by atoms with Crippen LogP contribution < -0.4 is 0 Å². The zero-order valence-electron chi connectivity index (χ0n) is 15.2. The number of hydrogen-bond donors (Lipinski definition) is 0. The Balaban J connectivity index is 1.62. The maximum Gasteiger partial charge on any atom is 0.228 e. The third kappa shape index (κ3) is 3.00. The summed E-state index contributed by atoms with van der Waals surface area (Å²) in [5, 5.41) is 0. The van der Waals surface area contributed by atoms with E-state index in [0.29, 0.717) is 31.0 Å². The largest absolute Gasteiger partial charge is 0.377 e. The minimum absolute atomic E-state index is 0.0113. The number of hydrogen-bond acceptors (Lipinski definition) is 3. The number of ether oxygens (including phenoxy) is 1. The first kappa shape index (κ1) is 18.3. The molecule has 2 aliphatic heterocycles. The van der Waals surface area contributed by atoms with Gasteiger partial charge >= 0.3 is 0 Å². The first-order valence-electron chi connectivity index (χ1n) is 8.93. The maximum absolute atomic E-state index is 14.2. The second kappa shape index (κ2) is 6.83. The Hall–Kier alpha value is -2.06. The molecule has 1 fully saturated rings. The lowest BCUT2D eigenvalue weighted by molar-refractivity contribution is -0.141. The number of amides is 1. The molecule has 5 nitrogen and oxygen atoms in total. The number of aromatic nitrogens is 2. The predicted octanol–water partition coefficient (Wildman–Crippen LogP) is 2.57. The molecule has 2 aliphatic rings. The number of nitrogens with zero attached hydrogens (tertiary/aromatic N) is 3. The highest BCUT2D eigenvalue weighted by atomic mass is 32.1. The van der Waals surface area contributed by atoms with Gasteiger partial charge in [-0.3, -0.25) is 4.79 Å². The van der Waals surface area contributed by atoms with Gasteiger partial charge in [0.2, 0.25) is 5.91 Å². The molecule has 8 heteroatoms. The number of likely N-dealkylation sites (N-methyl/N-ethyl adjacent to an activating group) is 1. The van der Waals surface area contributed by atoms with Crippen molar-refractivity contribution in [2.75, 3.05) is 20.3 Å². The second-order valence-electron chi connectivity index (χ2n) is 7.25. The van der Waals surface area contributed by atoms with Gasteiger partial charge in [0.1, 0.15) is 11.6 Å². The molecule has 2 aromatic rings. The average Bonchev–Trinajstić information content (AvgIpc) is 3.08. The fraction of sp³-hybridized carbons (Fsp3) is 0.474.